The molecule has 3 aliphatic rings. The van der Waals surface area contributed by atoms with Crippen molar-refractivity contribution < 1.29 is 14.6 Å². The van der Waals surface area contributed by atoms with E-state index in [1.807, 2.05) is 6.07 Å². The molecule has 0 saturated heterocycles. The quantitative estimate of drug-likeness (QED) is 0.931. The van der Waals surface area contributed by atoms with Gasteiger partial charge in [0.1, 0.15) is 6.10 Å². The smallest absolute Gasteiger partial charge is 0.165 e. The van der Waals surface area contributed by atoms with E-state index in [0.29, 0.717) is 0 Å². The first-order valence-corrected chi connectivity index (χ1v) is 8.89. The molecule has 0 aromatic heterocycles. The maximum absolute atomic E-state index is 10.5. The molecule has 0 radical (unpaired) electrons. The van der Waals surface area contributed by atoms with Crippen molar-refractivity contribution in [3.8, 4) is 11.5 Å². The molecule has 0 amide bonds. The molecule has 23 heavy (non-hydrogen) atoms. The van der Waals surface area contributed by atoms with Crippen molar-refractivity contribution >= 4 is 0 Å². The molecule has 2 heterocycles. The van der Waals surface area contributed by atoms with Crippen LogP contribution in [0.5, 0.6) is 11.5 Å². The molecule has 2 aliphatic heterocycles. The topological polar surface area (TPSA) is 41.9 Å². The second-order valence-corrected chi connectivity index (χ2v) is 7.40. The Morgan fingerprint density at radius 3 is 3.00 bits per heavy atom. The SMILES string of the molecule is CCCN1CC[C@]23c4c(ccc(OC)c4O[C@H]2C[C@@H](O)C3C)C1. The Balaban J connectivity index is 1.88. The van der Waals surface area contributed by atoms with Gasteiger partial charge in [0.2, 0.25) is 0 Å². The molecular weight excluding hydrogens is 290 g/mol. The van der Waals surface area contributed by atoms with Crippen LogP contribution >= 0.6 is 0 Å². The van der Waals surface area contributed by atoms with Crippen molar-refractivity contribution in [2.75, 3.05) is 20.2 Å². The van der Waals surface area contributed by atoms with Crippen molar-refractivity contribution in [3.05, 3.63) is 23.3 Å². The number of hydrogen-bond donors (Lipinski definition) is 1. The number of methoxy groups -OCH3 is 1. The lowest BCUT2D eigenvalue weighted by Crippen LogP contribution is -2.40. The number of nitrogens with zero attached hydrogens (tertiary/aromatic N) is 1. The highest BCUT2D eigenvalue weighted by atomic mass is 16.5. The number of benzene rings is 1. The Bertz CT molecular complexity index is 617. The number of hydrogen-bond acceptors (Lipinski definition) is 4. The predicted octanol–water partition coefficient (Wildman–Crippen LogP) is 2.71. The van der Waals surface area contributed by atoms with Crippen LogP contribution in [0.15, 0.2) is 12.1 Å². The summed E-state index contributed by atoms with van der Waals surface area (Å²) in [6, 6.07) is 4.25. The molecule has 1 fully saturated rings. The van der Waals surface area contributed by atoms with Gasteiger partial charge in [0.05, 0.1) is 13.2 Å². The summed E-state index contributed by atoms with van der Waals surface area (Å²) < 4.78 is 11.9. The largest absolute Gasteiger partial charge is 0.493 e. The van der Waals surface area contributed by atoms with Gasteiger partial charge in [0, 0.05) is 23.9 Å². The molecule has 1 aromatic rings. The average Bonchev–Trinajstić information content (AvgIpc) is 2.90. The van der Waals surface area contributed by atoms with E-state index in [0.717, 1.165) is 44.0 Å². The Morgan fingerprint density at radius 2 is 2.26 bits per heavy atom. The first-order valence-electron chi connectivity index (χ1n) is 8.89. The summed E-state index contributed by atoms with van der Waals surface area (Å²) in [6.45, 7) is 7.60. The standard InChI is InChI=1S/C19H27NO3/c1-4-8-20-9-7-19-12(2)14(21)10-16(19)23-18-15(22-3)6-5-13(11-20)17(18)19/h5-6,12,14,16,21H,4,7-11H2,1-3H3/t12?,14-,16+,19-/m1/s1. The minimum absolute atomic E-state index is 0.0544. The van der Waals surface area contributed by atoms with Crippen molar-refractivity contribution in [2.24, 2.45) is 5.92 Å². The minimum atomic E-state index is -0.273. The molecule has 4 nitrogen and oxygen atoms in total. The van der Waals surface area contributed by atoms with Gasteiger partial charge in [0.15, 0.2) is 11.5 Å². The van der Waals surface area contributed by atoms with Crippen LogP contribution in [0.1, 0.15) is 44.2 Å². The monoisotopic (exact) mass is 317 g/mol. The lowest BCUT2D eigenvalue weighted by Gasteiger charge is -2.33. The zero-order chi connectivity index (χ0) is 16.2. The first kappa shape index (κ1) is 15.3. The molecule has 4 atom stereocenters. The predicted molar refractivity (Wildman–Crippen MR) is 89.1 cm³/mol. The highest BCUT2D eigenvalue weighted by molar-refractivity contribution is 5.59. The molecule has 126 valence electrons. The van der Waals surface area contributed by atoms with Gasteiger partial charge in [-0.05, 0) is 43.5 Å². The third-order valence-electron chi connectivity index (χ3n) is 6.35. The summed E-state index contributed by atoms with van der Waals surface area (Å²) in [5, 5.41) is 10.5. The van der Waals surface area contributed by atoms with Crippen LogP contribution in [0.4, 0.5) is 0 Å². The summed E-state index contributed by atoms with van der Waals surface area (Å²) in [4.78, 5) is 2.55. The maximum Gasteiger partial charge on any atom is 0.165 e. The lowest BCUT2D eigenvalue weighted by molar-refractivity contribution is 0.110. The number of aliphatic hydroxyl groups is 1. The van der Waals surface area contributed by atoms with Crippen LogP contribution in [-0.4, -0.2) is 42.4 Å². The van der Waals surface area contributed by atoms with Gasteiger partial charge in [-0.1, -0.05) is 19.9 Å². The fraction of sp³-hybridized carbons (Fsp3) is 0.684. The van der Waals surface area contributed by atoms with Crippen LogP contribution in [0.25, 0.3) is 0 Å². The second kappa shape index (κ2) is 5.38. The Labute approximate surface area is 138 Å². The van der Waals surface area contributed by atoms with Gasteiger partial charge in [-0.3, -0.25) is 4.90 Å². The van der Waals surface area contributed by atoms with E-state index >= 15 is 0 Å². The molecular formula is C19H27NO3. The van der Waals surface area contributed by atoms with E-state index in [-0.39, 0.29) is 23.5 Å². The fourth-order valence-electron chi connectivity index (χ4n) is 5.16. The van der Waals surface area contributed by atoms with E-state index in [2.05, 4.69) is 24.8 Å². The summed E-state index contributed by atoms with van der Waals surface area (Å²) in [5.74, 6) is 2.00. The molecule has 4 rings (SSSR count). The van der Waals surface area contributed by atoms with E-state index in [9.17, 15) is 5.11 Å². The van der Waals surface area contributed by atoms with E-state index in [1.54, 1.807) is 7.11 Å². The summed E-state index contributed by atoms with van der Waals surface area (Å²) in [6.07, 6.45) is 2.77. The summed E-state index contributed by atoms with van der Waals surface area (Å²) in [5.41, 5.74) is 2.63. The highest BCUT2D eigenvalue weighted by Gasteiger charge is 2.61. The first-order chi connectivity index (χ1) is 11.1. The summed E-state index contributed by atoms with van der Waals surface area (Å²) in [7, 11) is 1.71. The zero-order valence-electron chi connectivity index (χ0n) is 14.3. The van der Waals surface area contributed by atoms with E-state index in [4.69, 9.17) is 9.47 Å². The molecule has 1 spiro atoms. The van der Waals surface area contributed by atoms with Crippen LogP contribution in [0, 0.1) is 5.92 Å². The number of ether oxygens (including phenoxy) is 2. The molecule has 0 bridgehead atoms. The number of rotatable bonds is 3. The minimum Gasteiger partial charge on any atom is -0.493 e. The highest BCUT2D eigenvalue weighted by Crippen LogP contribution is 2.60. The van der Waals surface area contributed by atoms with Gasteiger partial charge in [0.25, 0.3) is 0 Å². The van der Waals surface area contributed by atoms with Crippen LogP contribution < -0.4 is 9.47 Å². The maximum atomic E-state index is 10.5. The molecule has 1 aliphatic carbocycles. The van der Waals surface area contributed by atoms with Crippen LogP contribution in [0.3, 0.4) is 0 Å². The Hall–Kier alpha value is -1.26. The third-order valence-corrected chi connectivity index (χ3v) is 6.35. The second-order valence-electron chi connectivity index (χ2n) is 7.40. The molecule has 1 aromatic carbocycles. The van der Waals surface area contributed by atoms with Gasteiger partial charge in [-0.2, -0.15) is 0 Å². The van der Waals surface area contributed by atoms with Crippen LogP contribution in [-0.2, 0) is 12.0 Å². The third kappa shape index (κ3) is 1.97. The molecule has 1 unspecified atom stereocenters. The summed E-state index contributed by atoms with van der Waals surface area (Å²) >= 11 is 0. The van der Waals surface area contributed by atoms with Gasteiger partial charge in [-0.25, -0.2) is 0 Å². The van der Waals surface area contributed by atoms with Crippen molar-refractivity contribution in [3.63, 3.8) is 0 Å². The average molecular weight is 317 g/mol. The lowest BCUT2D eigenvalue weighted by atomic mass is 9.69. The van der Waals surface area contributed by atoms with E-state index in [1.165, 1.54) is 17.5 Å². The van der Waals surface area contributed by atoms with E-state index < -0.39 is 0 Å². The van der Waals surface area contributed by atoms with Crippen LogP contribution in [0.2, 0.25) is 0 Å². The van der Waals surface area contributed by atoms with Crippen molar-refractivity contribution in [1.82, 2.24) is 4.90 Å². The normalized spacial score (nSPS) is 35.4. The Morgan fingerprint density at radius 1 is 1.43 bits per heavy atom. The molecule has 1 saturated carbocycles. The van der Waals surface area contributed by atoms with Gasteiger partial charge in [-0.15, -0.1) is 0 Å². The van der Waals surface area contributed by atoms with Gasteiger partial charge >= 0.3 is 0 Å². The van der Waals surface area contributed by atoms with Gasteiger partial charge < -0.3 is 14.6 Å². The zero-order valence-corrected chi connectivity index (χ0v) is 14.3. The number of aliphatic hydroxyl groups excluding tert-OH is 1. The Kier molecular flexibility index (Phi) is 3.58. The fourth-order valence-corrected chi connectivity index (χ4v) is 5.16. The molecule has 1 N–H and O–H groups in total. The van der Waals surface area contributed by atoms with Crippen molar-refractivity contribution in [1.29, 1.82) is 0 Å². The van der Waals surface area contributed by atoms with Crippen molar-refractivity contribution in [2.45, 2.75) is 57.3 Å². The molecule has 4 heteroatoms.